The normalized spacial score (nSPS) is 13.9. The van der Waals surface area contributed by atoms with Crippen molar-refractivity contribution in [2.75, 3.05) is 45.2 Å². The molecule has 2 heterocycles. The summed E-state index contributed by atoms with van der Waals surface area (Å²) in [4.78, 5) is 36.5. The first-order valence-corrected chi connectivity index (χ1v) is 9.74. The molecule has 8 nitrogen and oxygen atoms in total. The Balaban J connectivity index is 1.62. The van der Waals surface area contributed by atoms with E-state index in [1.54, 1.807) is 36.8 Å². The number of piperazine rings is 1. The van der Waals surface area contributed by atoms with E-state index in [4.69, 9.17) is 4.74 Å². The van der Waals surface area contributed by atoms with Crippen LogP contribution in [0.1, 0.15) is 28.8 Å². The zero-order valence-corrected chi connectivity index (χ0v) is 17.1. The molecule has 1 aliphatic heterocycles. The third kappa shape index (κ3) is 5.22. The van der Waals surface area contributed by atoms with Crippen molar-refractivity contribution in [2.45, 2.75) is 20.3 Å². The van der Waals surface area contributed by atoms with E-state index in [-0.39, 0.29) is 11.8 Å². The zero-order chi connectivity index (χ0) is 20.8. The molecule has 1 fully saturated rings. The van der Waals surface area contributed by atoms with Crippen molar-refractivity contribution in [1.29, 1.82) is 0 Å². The van der Waals surface area contributed by atoms with Crippen molar-refractivity contribution in [1.82, 2.24) is 19.8 Å². The smallest absolute Gasteiger partial charge is 0.272 e. The zero-order valence-electron chi connectivity index (χ0n) is 17.1. The maximum Gasteiger partial charge on any atom is 0.272 e. The second-order valence-electron chi connectivity index (χ2n) is 6.97. The topological polar surface area (TPSA) is 87.7 Å². The first-order chi connectivity index (χ1) is 14.0. The van der Waals surface area contributed by atoms with Crippen LogP contribution < -0.4 is 10.1 Å². The van der Waals surface area contributed by atoms with Crippen molar-refractivity contribution < 1.29 is 14.3 Å². The number of ether oxygens (including phenoxy) is 1. The van der Waals surface area contributed by atoms with E-state index >= 15 is 0 Å². The van der Waals surface area contributed by atoms with Crippen molar-refractivity contribution in [3.63, 3.8) is 0 Å². The number of anilines is 1. The Kier molecular flexibility index (Phi) is 6.64. The third-order valence-electron chi connectivity index (χ3n) is 4.96. The number of nitrogens with zero attached hydrogens (tertiary/aromatic N) is 4. The summed E-state index contributed by atoms with van der Waals surface area (Å²) in [5.74, 6) is 1.92. The highest BCUT2D eigenvalue weighted by atomic mass is 16.5. The van der Waals surface area contributed by atoms with Gasteiger partial charge in [-0.05, 0) is 25.0 Å². The molecule has 8 heteroatoms. The van der Waals surface area contributed by atoms with Crippen LogP contribution in [0.15, 0.2) is 30.3 Å². The minimum atomic E-state index is -0.133. The first-order valence-electron chi connectivity index (χ1n) is 9.74. The second-order valence-corrected chi connectivity index (χ2v) is 6.97. The summed E-state index contributed by atoms with van der Waals surface area (Å²) in [6.45, 7) is 6.10. The van der Waals surface area contributed by atoms with Crippen molar-refractivity contribution >= 4 is 17.6 Å². The van der Waals surface area contributed by atoms with Gasteiger partial charge < -0.3 is 19.9 Å². The number of aryl methyl sites for hydroxylation is 1. The van der Waals surface area contributed by atoms with E-state index in [1.807, 2.05) is 24.3 Å². The van der Waals surface area contributed by atoms with Crippen molar-refractivity contribution in [2.24, 2.45) is 0 Å². The summed E-state index contributed by atoms with van der Waals surface area (Å²) in [5.41, 5.74) is 1.47. The summed E-state index contributed by atoms with van der Waals surface area (Å²) < 4.78 is 5.38. The van der Waals surface area contributed by atoms with E-state index in [0.717, 1.165) is 17.7 Å². The minimum absolute atomic E-state index is 0.0384. The van der Waals surface area contributed by atoms with Gasteiger partial charge in [0.1, 0.15) is 23.1 Å². The fourth-order valence-electron chi connectivity index (χ4n) is 3.39. The molecule has 3 rings (SSSR count). The number of para-hydroxylation sites is 1. The van der Waals surface area contributed by atoms with Gasteiger partial charge in [0.2, 0.25) is 5.91 Å². The van der Waals surface area contributed by atoms with Crippen molar-refractivity contribution in [3.05, 3.63) is 47.4 Å². The molecule has 0 unspecified atom stereocenters. The van der Waals surface area contributed by atoms with Crippen LogP contribution in [0.25, 0.3) is 0 Å². The van der Waals surface area contributed by atoms with Crippen molar-refractivity contribution in [3.8, 4) is 5.75 Å². The highest BCUT2D eigenvalue weighted by Crippen LogP contribution is 2.18. The van der Waals surface area contributed by atoms with Gasteiger partial charge in [0.05, 0.1) is 7.11 Å². The van der Waals surface area contributed by atoms with Crippen LogP contribution in [0.5, 0.6) is 5.75 Å². The number of amides is 2. The number of methoxy groups -OCH3 is 1. The van der Waals surface area contributed by atoms with Crippen LogP contribution in [0, 0.1) is 6.92 Å². The molecule has 1 aliphatic rings. The molecule has 0 spiro atoms. The van der Waals surface area contributed by atoms with Crippen LogP contribution in [0.4, 0.5) is 5.82 Å². The quantitative estimate of drug-likeness (QED) is 0.799. The van der Waals surface area contributed by atoms with Gasteiger partial charge >= 0.3 is 0 Å². The summed E-state index contributed by atoms with van der Waals surface area (Å²) in [6, 6.07) is 9.58. The number of benzene rings is 1. The number of nitrogens with one attached hydrogen (secondary N) is 1. The Labute approximate surface area is 170 Å². The molecule has 0 radical (unpaired) electrons. The van der Waals surface area contributed by atoms with Crippen LogP contribution in [-0.2, 0) is 11.2 Å². The second kappa shape index (κ2) is 9.36. The van der Waals surface area contributed by atoms with E-state index < -0.39 is 0 Å². The third-order valence-corrected chi connectivity index (χ3v) is 4.96. The lowest BCUT2D eigenvalue weighted by Crippen LogP contribution is -2.50. The van der Waals surface area contributed by atoms with Crippen LogP contribution in [-0.4, -0.2) is 71.4 Å². The highest BCUT2D eigenvalue weighted by molar-refractivity contribution is 5.93. The Morgan fingerprint density at radius 1 is 1.10 bits per heavy atom. The van der Waals surface area contributed by atoms with Gasteiger partial charge in [-0.1, -0.05) is 18.2 Å². The molecule has 1 aromatic carbocycles. The molecule has 0 aliphatic carbocycles. The fraction of sp³-hybridized carbons (Fsp3) is 0.429. The molecule has 1 saturated heterocycles. The van der Waals surface area contributed by atoms with E-state index in [9.17, 15) is 9.59 Å². The lowest BCUT2D eigenvalue weighted by Gasteiger charge is -2.34. The molecular formula is C21H27N5O3. The molecule has 1 N–H and O–H groups in total. The lowest BCUT2D eigenvalue weighted by atomic mass is 10.1. The number of rotatable bonds is 6. The summed E-state index contributed by atoms with van der Waals surface area (Å²) in [6.07, 6.45) is 0.767. The van der Waals surface area contributed by atoms with Gasteiger partial charge in [0.15, 0.2) is 0 Å². The molecule has 154 valence electrons. The number of aromatic nitrogens is 2. The SMILES string of the molecule is COc1ccccc1CCNc1cc(C(=O)N2CCN(C(C)=O)CC2)nc(C)n1. The van der Waals surface area contributed by atoms with Gasteiger partial charge in [0, 0.05) is 45.7 Å². The first kappa shape index (κ1) is 20.6. The monoisotopic (exact) mass is 397 g/mol. The number of carbonyl (C=O) groups excluding carboxylic acids is 2. The fourth-order valence-corrected chi connectivity index (χ4v) is 3.39. The molecule has 29 heavy (non-hydrogen) atoms. The van der Waals surface area contributed by atoms with Crippen LogP contribution in [0.2, 0.25) is 0 Å². The Hall–Kier alpha value is -3.16. The summed E-state index contributed by atoms with van der Waals surface area (Å²) >= 11 is 0. The predicted molar refractivity (Wildman–Crippen MR) is 110 cm³/mol. The molecule has 0 bridgehead atoms. The largest absolute Gasteiger partial charge is 0.496 e. The minimum Gasteiger partial charge on any atom is -0.496 e. The summed E-state index contributed by atoms with van der Waals surface area (Å²) in [5, 5.41) is 3.28. The van der Waals surface area contributed by atoms with Crippen LogP contribution in [0.3, 0.4) is 0 Å². The van der Waals surface area contributed by atoms with Gasteiger partial charge in [0.25, 0.3) is 5.91 Å². The Morgan fingerprint density at radius 3 is 2.48 bits per heavy atom. The summed E-state index contributed by atoms with van der Waals surface area (Å²) in [7, 11) is 1.66. The molecular weight excluding hydrogens is 370 g/mol. The maximum absolute atomic E-state index is 12.8. The Morgan fingerprint density at radius 2 is 1.79 bits per heavy atom. The molecule has 2 amide bonds. The average Bonchev–Trinajstić information content (AvgIpc) is 2.73. The molecule has 1 aromatic heterocycles. The molecule has 0 saturated carbocycles. The average molecular weight is 397 g/mol. The van der Waals surface area contributed by atoms with E-state index in [0.29, 0.717) is 50.1 Å². The molecule has 0 atom stereocenters. The van der Waals surface area contributed by atoms with Gasteiger partial charge in [-0.3, -0.25) is 9.59 Å². The van der Waals surface area contributed by atoms with Crippen LogP contribution >= 0.6 is 0 Å². The van der Waals surface area contributed by atoms with E-state index in [1.165, 1.54) is 0 Å². The number of carbonyl (C=O) groups is 2. The van der Waals surface area contributed by atoms with Gasteiger partial charge in [-0.25, -0.2) is 9.97 Å². The van der Waals surface area contributed by atoms with Gasteiger partial charge in [-0.2, -0.15) is 0 Å². The highest BCUT2D eigenvalue weighted by Gasteiger charge is 2.24. The predicted octanol–water partition coefficient (Wildman–Crippen LogP) is 1.75. The number of hydrogen-bond acceptors (Lipinski definition) is 6. The number of hydrogen-bond donors (Lipinski definition) is 1. The van der Waals surface area contributed by atoms with E-state index in [2.05, 4.69) is 15.3 Å². The maximum atomic E-state index is 12.8. The Bertz CT molecular complexity index is 878. The molecule has 2 aromatic rings. The standard InChI is InChI=1S/C21H27N5O3/c1-15-23-18(21(28)26-12-10-25(11-13-26)16(2)27)14-20(24-15)22-9-8-17-6-4-5-7-19(17)29-3/h4-7,14H,8-13H2,1-3H3,(H,22,23,24). The van der Waals surface area contributed by atoms with Gasteiger partial charge in [-0.15, -0.1) is 0 Å². The lowest BCUT2D eigenvalue weighted by molar-refractivity contribution is -0.130.